The smallest absolute Gasteiger partial charge is 0.291 e. The third-order valence-corrected chi connectivity index (χ3v) is 4.41. The van der Waals surface area contributed by atoms with Crippen LogP contribution in [-0.4, -0.2) is 11.8 Å². The first kappa shape index (κ1) is 17.9. The van der Waals surface area contributed by atoms with Gasteiger partial charge in [-0.3, -0.25) is 9.59 Å². The van der Waals surface area contributed by atoms with Gasteiger partial charge in [0.15, 0.2) is 10.4 Å². The van der Waals surface area contributed by atoms with Crippen LogP contribution >= 0.6 is 15.9 Å². The van der Waals surface area contributed by atoms with Gasteiger partial charge >= 0.3 is 0 Å². The van der Waals surface area contributed by atoms with Gasteiger partial charge in [0.2, 0.25) is 0 Å². The van der Waals surface area contributed by atoms with Crippen molar-refractivity contribution < 1.29 is 14.0 Å². The van der Waals surface area contributed by atoms with Crippen molar-refractivity contribution in [1.29, 1.82) is 0 Å². The molecule has 0 aliphatic heterocycles. The molecule has 2 amide bonds. The van der Waals surface area contributed by atoms with Crippen molar-refractivity contribution in [2.24, 2.45) is 0 Å². The van der Waals surface area contributed by atoms with Crippen molar-refractivity contribution in [3.05, 3.63) is 81.7 Å². The number of anilines is 2. The van der Waals surface area contributed by atoms with Gasteiger partial charge in [0.25, 0.3) is 11.8 Å². The second-order valence-electron chi connectivity index (χ2n) is 5.86. The lowest BCUT2D eigenvalue weighted by atomic mass is 10.1. The maximum atomic E-state index is 12.7. The summed E-state index contributed by atoms with van der Waals surface area (Å²) >= 11 is 3.16. The summed E-state index contributed by atoms with van der Waals surface area (Å²) < 4.78 is 5.70. The second kappa shape index (κ2) is 7.58. The number of furan rings is 1. The largest absolute Gasteiger partial charge is 0.444 e. The van der Waals surface area contributed by atoms with E-state index in [2.05, 4.69) is 26.6 Å². The lowest BCUT2D eigenvalue weighted by Crippen LogP contribution is -2.18. The molecule has 0 radical (unpaired) electrons. The molecule has 0 saturated carbocycles. The number of rotatable bonds is 4. The van der Waals surface area contributed by atoms with Crippen molar-refractivity contribution in [3.63, 3.8) is 0 Å². The van der Waals surface area contributed by atoms with E-state index >= 15 is 0 Å². The van der Waals surface area contributed by atoms with E-state index < -0.39 is 5.91 Å². The van der Waals surface area contributed by atoms with Crippen LogP contribution in [0.3, 0.4) is 0 Å². The van der Waals surface area contributed by atoms with E-state index in [0.717, 1.165) is 11.1 Å². The minimum Gasteiger partial charge on any atom is -0.444 e. The number of carbonyl (C=O) groups is 2. The molecule has 3 rings (SSSR count). The standard InChI is InChI=1S/C20H17BrN2O3/c1-12-7-8-14(11-13(12)2)22-19(24)15-5-3-4-6-16(15)23-20(25)17-9-10-18(21)26-17/h3-11H,1-2H3,(H,22,24)(H,23,25). The van der Waals surface area contributed by atoms with Crippen LogP contribution in [0.1, 0.15) is 32.0 Å². The van der Waals surface area contributed by atoms with E-state index in [-0.39, 0.29) is 11.7 Å². The molecule has 2 aromatic carbocycles. The van der Waals surface area contributed by atoms with Gasteiger partial charge in [-0.15, -0.1) is 0 Å². The number of halogens is 1. The maximum absolute atomic E-state index is 12.7. The number of hydrogen-bond acceptors (Lipinski definition) is 3. The van der Waals surface area contributed by atoms with Crippen LogP contribution in [0, 0.1) is 13.8 Å². The first-order chi connectivity index (χ1) is 12.4. The summed E-state index contributed by atoms with van der Waals surface area (Å²) in [5.74, 6) is -0.576. The molecule has 6 heteroatoms. The Morgan fingerprint density at radius 2 is 1.65 bits per heavy atom. The zero-order valence-corrected chi connectivity index (χ0v) is 15.9. The molecule has 5 nitrogen and oxygen atoms in total. The van der Waals surface area contributed by atoms with Crippen molar-refractivity contribution in [1.82, 2.24) is 0 Å². The number of amides is 2. The van der Waals surface area contributed by atoms with E-state index in [0.29, 0.717) is 21.6 Å². The monoisotopic (exact) mass is 412 g/mol. The molecule has 132 valence electrons. The molecular weight excluding hydrogens is 396 g/mol. The summed E-state index contributed by atoms with van der Waals surface area (Å²) in [6, 6.07) is 15.7. The average Bonchev–Trinajstić information content (AvgIpc) is 3.05. The van der Waals surface area contributed by atoms with Gasteiger partial charge in [-0.2, -0.15) is 0 Å². The molecule has 0 saturated heterocycles. The molecular formula is C20H17BrN2O3. The predicted molar refractivity (Wildman–Crippen MR) is 105 cm³/mol. The van der Waals surface area contributed by atoms with Crippen LogP contribution < -0.4 is 10.6 Å². The topological polar surface area (TPSA) is 71.3 Å². The Morgan fingerprint density at radius 1 is 0.885 bits per heavy atom. The van der Waals surface area contributed by atoms with Crippen LogP contribution in [-0.2, 0) is 0 Å². The predicted octanol–water partition coefficient (Wildman–Crippen LogP) is 5.16. The zero-order chi connectivity index (χ0) is 18.7. The van der Waals surface area contributed by atoms with E-state index in [9.17, 15) is 9.59 Å². The highest BCUT2D eigenvalue weighted by Crippen LogP contribution is 2.21. The molecule has 0 unspecified atom stereocenters. The average molecular weight is 413 g/mol. The molecule has 0 bridgehead atoms. The maximum Gasteiger partial charge on any atom is 0.291 e. The highest BCUT2D eigenvalue weighted by Gasteiger charge is 2.16. The molecule has 1 aromatic heterocycles. The Morgan fingerprint density at radius 3 is 2.35 bits per heavy atom. The van der Waals surface area contributed by atoms with Gasteiger partial charge < -0.3 is 15.1 Å². The molecule has 0 aliphatic rings. The van der Waals surface area contributed by atoms with Crippen molar-refractivity contribution in [2.75, 3.05) is 10.6 Å². The number of hydrogen-bond donors (Lipinski definition) is 2. The van der Waals surface area contributed by atoms with Crippen LogP contribution in [0.15, 0.2) is 63.7 Å². The van der Waals surface area contributed by atoms with Crippen LogP contribution in [0.5, 0.6) is 0 Å². The minimum atomic E-state index is -0.429. The molecule has 0 spiro atoms. The SMILES string of the molecule is Cc1ccc(NC(=O)c2ccccc2NC(=O)c2ccc(Br)o2)cc1C. The van der Waals surface area contributed by atoms with Gasteiger partial charge in [-0.05, 0) is 77.3 Å². The highest BCUT2D eigenvalue weighted by atomic mass is 79.9. The van der Waals surface area contributed by atoms with Gasteiger partial charge in [0.05, 0.1) is 11.3 Å². The molecule has 0 aliphatic carbocycles. The Kier molecular flexibility index (Phi) is 5.23. The summed E-state index contributed by atoms with van der Waals surface area (Å²) in [5.41, 5.74) is 3.72. The van der Waals surface area contributed by atoms with E-state index in [1.165, 1.54) is 0 Å². The first-order valence-electron chi connectivity index (χ1n) is 7.98. The first-order valence-corrected chi connectivity index (χ1v) is 8.77. The van der Waals surface area contributed by atoms with E-state index in [1.54, 1.807) is 36.4 Å². The van der Waals surface area contributed by atoms with Crippen molar-refractivity contribution >= 4 is 39.1 Å². The van der Waals surface area contributed by atoms with Gasteiger partial charge in [0.1, 0.15) is 0 Å². The molecule has 1 heterocycles. The summed E-state index contributed by atoms with van der Waals surface area (Å²) in [4.78, 5) is 24.9. The summed E-state index contributed by atoms with van der Waals surface area (Å²) in [6.07, 6.45) is 0. The van der Waals surface area contributed by atoms with E-state index in [1.807, 2.05) is 32.0 Å². The Labute approximate surface area is 159 Å². The summed E-state index contributed by atoms with van der Waals surface area (Å²) in [5, 5.41) is 5.58. The van der Waals surface area contributed by atoms with Crippen LogP contribution in [0.4, 0.5) is 11.4 Å². The second-order valence-corrected chi connectivity index (χ2v) is 6.64. The molecule has 0 fully saturated rings. The Bertz CT molecular complexity index is 979. The Hall–Kier alpha value is -2.86. The van der Waals surface area contributed by atoms with E-state index in [4.69, 9.17) is 4.42 Å². The van der Waals surface area contributed by atoms with Crippen LogP contribution in [0.25, 0.3) is 0 Å². The normalized spacial score (nSPS) is 10.4. The molecule has 2 N–H and O–H groups in total. The fourth-order valence-corrected chi connectivity index (χ4v) is 2.73. The third-order valence-electron chi connectivity index (χ3n) is 3.98. The number of para-hydroxylation sites is 1. The summed E-state index contributed by atoms with van der Waals surface area (Å²) in [7, 11) is 0. The van der Waals surface area contributed by atoms with Crippen molar-refractivity contribution in [2.45, 2.75) is 13.8 Å². The third kappa shape index (κ3) is 4.03. The number of benzene rings is 2. The molecule has 3 aromatic rings. The van der Waals surface area contributed by atoms with Crippen molar-refractivity contribution in [3.8, 4) is 0 Å². The lowest BCUT2D eigenvalue weighted by molar-refractivity contribution is 0.0995. The highest BCUT2D eigenvalue weighted by molar-refractivity contribution is 9.10. The zero-order valence-electron chi connectivity index (χ0n) is 14.3. The van der Waals surface area contributed by atoms with Gasteiger partial charge in [-0.1, -0.05) is 18.2 Å². The number of carbonyl (C=O) groups excluding carboxylic acids is 2. The van der Waals surface area contributed by atoms with Crippen LogP contribution in [0.2, 0.25) is 0 Å². The number of nitrogens with one attached hydrogen (secondary N) is 2. The minimum absolute atomic E-state index is 0.154. The van der Waals surface area contributed by atoms with Gasteiger partial charge in [0, 0.05) is 5.69 Å². The summed E-state index contributed by atoms with van der Waals surface area (Å²) in [6.45, 7) is 4.00. The number of aryl methyl sites for hydroxylation is 2. The Balaban J connectivity index is 1.80. The quantitative estimate of drug-likeness (QED) is 0.621. The molecule has 26 heavy (non-hydrogen) atoms. The fraction of sp³-hybridized carbons (Fsp3) is 0.100. The molecule has 0 atom stereocenters. The lowest BCUT2D eigenvalue weighted by Gasteiger charge is -2.11. The fourth-order valence-electron chi connectivity index (χ4n) is 2.43. The van der Waals surface area contributed by atoms with Gasteiger partial charge in [-0.25, -0.2) is 0 Å².